The maximum atomic E-state index is 11.7. The minimum absolute atomic E-state index is 0.0159. The minimum atomic E-state index is -0.0159. The van der Waals surface area contributed by atoms with Crippen LogP contribution in [0.1, 0.15) is 12.8 Å². The number of rotatable bonds is 4. The van der Waals surface area contributed by atoms with Crippen molar-refractivity contribution in [2.75, 3.05) is 11.2 Å². The molecule has 0 fully saturated rings. The van der Waals surface area contributed by atoms with Crippen molar-refractivity contribution in [2.45, 2.75) is 12.8 Å². The average molecular weight is 288 g/mol. The summed E-state index contributed by atoms with van der Waals surface area (Å²) in [5, 5.41) is 4.95. The Balaban J connectivity index is 1.93. The Labute approximate surface area is 121 Å². The Morgan fingerprint density at radius 3 is 2.75 bits per heavy atom. The van der Waals surface area contributed by atoms with Gasteiger partial charge in [-0.15, -0.1) is 11.6 Å². The molecule has 0 saturated carbocycles. The van der Waals surface area contributed by atoms with E-state index in [-0.39, 0.29) is 5.91 Å². The van der Waals surface area contributed by atoms with Crippen LogP contribution in [0, 0.1) is 0 Å². The first-order valence-electron chi connectivity index (χ1n) is 6.55. The largest absolute Gasteiger partial charge is 0.456 e. The van der Waals surface area contributed by atoms with Gasteiger partial charge in [-0.25, -0.2) is 0 Å². The lowest BCUT2D eigenvalue weighted by atomic mass is 10.1. The molecule has 3 aromatic rings. The highest BCUT2D eigenvalue weighted by Gasteiger charge is 2.08. The molecule has 4 heteroatoms. The number of carbonyl (C=O) groups excluding carboxylic acids is 1. The maximum Gasteiger partial charge on any atom is 0.224 e. The number of para-hydroxylation sites is 1. The zero-order chi connectivity index (χ0) is 13.9. The van der Waals surface area contributed by atoms with Gasteiger partial charge in [0.1, 0.15) is 11.2 Å². The summed E-state index contributed by atoms with van der Waals surface area (Å²) in [4.78, 5) is 11.7. The molecule has 1 aromatic heterocycles. The van der Waals surface area contributed by atoms with Crippen LogP contribution in [0.2, 0.25) is 0 Å². The number of carbonyl (C=O) groups is 1. The standard InChI is InChI=1S/C16H14ClNO2/c17-9-3-6-16(19)18-11-7-8-15-13(10-11)12-4-1-2-5-14(12)20-15/h1-2,4-5,7-8,10H,3,6,9H2,(H,18,19). The fourth-order valence-electron chi connectivity index (χ4n) is 2.25. The van der Waals surface area contributed by atoms with E-state index in [9.17, 15) is 4.79 Å². The highest BCUT2D eigenvalue weighted by molar-refractivity contribution is 6.18. The minimum Gasteiger partial charge on any atom is -0.456 e. The van der Waals surface area contributed by atoms with Crippen molar-refractivity contribution in [2.24, 2.45) is 0 Å². The molecular formula is C16H14ClNO2. The molecule has 0 spiro atoms. The number of amides is 1. The number of anilines is 1. The number of benzene rings is 2. The van der Waals surface area contributed by atoms with Crippen LogP contribution >= 0.6 is 11.6 Å². The highest BCUT2D eigenvalue weighted by atomic mass is 35.5. The predicted molar refractivity (Wildman–Crippen MR) is 82.3 cm³/mol. The fourth-order valence-corrected chi connectivity index (χ4v) is 2.39. The van der Waals surface area contributed by atoms with E-state index in [0.29, 0.717) is 18.7 Å². The smallest absolute Gasteiger partial charge is 0.224 e. The second kappa shape index (κ2) is 5.55. The molecule has 0 saturated heterocycles. The van der Waals surface area contributed by atoms with Gasteiger partial charge in [0.15, 0.2) is 0 Å². The highest BCUT2D eigenvalue weighted by Crippen LogP contribution is 2.30. The Kier molecular flexibility index (Phi) is 3.61. The molecule has 1 heterocycles. The lowest BCUT2D eigenvalue weighted by Crippen LogP contribution is -2.11. The molecule has 102 valence electrons. The molecule has 0 unspecified atom stereocenters. The maximum absolute atomic E-state index is 11.7. The van der Waals surface area contributed by atoms with E-state index in [1.807, 2.05) is 42.5 Å². The number of hydrogen-bond donors (Lipinski definition) is 1. The molecule has 1 N–H and O–H groups in total. The van der Waals surface area contributed by atoms with Gasteiger partial charge in [0.25, 0.3) is 0 Å². The summed E-state index contributed by atoms with van der Waals surface area (Å²) in [6, 6.07) is 13.5. The van der Waals surface area contributed by atoms with E-state index in [4.69, 9.17) is 16.0 Å². The van der Waals surface area contributed by atoms with Crippen molar-refractivity contribution in [3.05, 3.63) is 42.5 Å². The molecule has 3 nitrogen and oxygen atoms in total. The van der Waals surface area contributed by atoms with Crippen molar-refractivity contribution >= 4 is 45.1 Å². The first kappa shape index (κ1) is 13.0. The van der Waals surface area contributed by atoms with Gasteiger partial charge in [0.2, 0.25) is 5.91 Å². The lowest BCUT2D eigenvalue weighted by molar-refractivity contribution is -0.116. The van der Waals surface area contributed by atoms with Gasteiger partial charge in [-0.1, -0.05) is 18.2 Å². The molecule has 20 heavy (non-hydrogen) atoms. The predicted octanol–water partition coefficient (Wildman–Crippen LogP) is 4.54. The van der Waals surface area contributed by atoms with Crippen LogP contribution in [0.3, 0.4) is 0 Å². The first-order chi connectivity index (χ1) is 9.78. The van der Waals surface area contributed by atoms with E-state index in [0.717, 1.165) is 27.6 Å². The molecule has 0 aliphatic carbocycles. The summed E-state index contributed by atoms with van der Waals surface area (Å²) in [5.74, 6) is 0.483. The van der Waals surface area contributed by atoms with Crippen LogP contribution in [0.15, 0.2) is 46.9 Å². The number of alkyl halides is 1. The number of halogens is 1. The van der Waals surface area contributed by atoms with Crippen LogP contribution < -0.4 is 5.32 Å². The molecule has 0 aliphatic rings. The quantitative estimate of drug-likeness (QED) is 0.716. The van der Waals surface area contributed by atoms with Crippen molar-refractivity contribution in [1.82, 2.24) is 0 Å². The van der Waals surface area contributed by atoms with Gasteiger partial charge < -0.3 is 9.73 Å². The second-order valence-corrected chi connectivity index (χ2v) is 5.03. The molecule has 0 aliphatic heterocycles. The van der Waals surface area contributed by atoms with E-state index in [1.165, 1.54) is 0 Å². The molecule has 0 atom stereocenters. The van der Waals surface area contributed by atoms with Gasteiger partial charge in [-0.2, -0.15) is 0 Å². The third-order valence-electron chi connectivity index (χ3n) is 3.20. The molecule has 3 rings (SSSR count). The average Bonchev–Trinajstić information content (AvgIpc) is 2.83. The fraction of sp³-hybridized carbons (Fsp3) is 0.188. The Morgan fingerprint density at radius 1 is 1.10 bits per heavy atom. The van der Waals surface area contributed by atoms with Gasteiger partial charge in [0, 0.05) is 28.8 Å². The van der Waals surface area contributed by atoms with E-state index >= 15 is 0 Å². The summed E-state index contributed by atoms with van der Waals surface area (Å²) >= 11 is 5.58. The molecule has 0 radical (unpaired) electrons. The lowest BCUT2D eigenvalue weighted by Gasteiger charge is -2.04. The summed E-state index contributed by atoms with van der Waals surface area (Å²) in [6.07, 6.45) is 1.12. The zero-order valence-corrected chi connectivity index (χ0v) is 11.6. The SMILES string of the molecule is O=C(CCCCl)Nc1ccc2oc3ccccc3c2c1. The summed E-state index contributed by atoms with van der Waals surface area (Å²) in [6.45, 7) is 0. The van der Waals surface area contributed by atoms with E-state index < -0.39 is 0 Å². The van der Waals surface area contributed by atoms with Gasteiger partial charge in [-0.3, -0.25) is 4.79 Å². The van der Waals surface area contributed by atoms with Gasteiger partial charge >= 0.3 is 0 Å². The number of fused-ring (bicyclic) bond motifs is 3. The third kappa shape index (κ3) is 2.49. The molecule has 0 bridgehead atoms. The van der Waals surface area contributed by atoms with Gasteiger partial charge in [0.05, 0.1) is 0 Å². The van der Waals surface area contributed by atoms with E-state index in [2.05, 4.69) is 5.32 Å². The summed E-state index contributed by atoms with van der Waals surface area (Å²) in [5.41, 5.74) is 2.46. The Morgan fingerprint density at radius 2 is 1.90 bits per heavy atom. The monoisotopic (exact) mass is 287 g/mol. The van der Waals surface area contributed by atoms with Gasteiger partial charge in [-0.05, 0) is 30.7 Å². The van der Waals surface area contributed by atoms with Crippen molar-refractivity contribution in [3.63, 3.8) is 0 Å². The number of furan rings is 1. The summed E-state index contributed by atoms with van der Waals surface area (Å²) in [7, 11) is 0. The van der Waals surface area contributed by atoms with Crippen LogP contribution in [-0.2, 0) is 4.79 Å². The van der Waals surface area contributed by atoms with Crippen LogP contribution in [-0.4, -0.2) is 11.8 Å². The number of hydrogen-bond acceptors (Lipinski definition) is 2. The number of nitrogens with one attached hydrogen (secondary N) is 1. The van der Waals surface area contributed by atoms with E-state index in [1.54, 1.807) is 0 Å². The van der Waals surface area contributed by atoms with Crippen molar-refractivity contribution in [1.29, 1.82) is 0 Å². The Bertz CT molecular complexity index is 763. The second-order valence-electron chi connectivity index (χ2n) is 4.65. The van der Waals surface area contributed by atoms with Crippen LogP contribution in [0.5, 0.6) is 0 Å². The normalized spacial score (nSPS) is 11.1. The summed E-state index contributed by atoms with van der Waals surface area (Å²) < 4.78 is 5.75. The van der Waals surface area contributed by atoms with Crippen LogP contribution in [0.25, 0.3) is 21.9 Å². The molecule has 2 aromatic carbocycles. The first-order valence-corrected chi connectivity index (χ1v) is 7.08. The van der Waals surface area contributed by atoms with Crippen LogP contribution in [0.4, 0.5) is 5.69 Å². The molecular weight excluding hydrogens is 274 g/mol. The van der Waals surface area contributed by atoms with Crippen molar-refractivity contribution in [3.8, 4) is 0 Å². The topological polar surface area (TPSA) is 42.2 Å². The van der Waals surface area contributed by atoms with Crippen molar-refractivity contribution < 1.29 is 9.21 Å². The zero-order valence-electron chi connectivity index (χ0n) is 10.9. The Hall–Kier alpha value is -2.00. The third-order valence-corrected chi connectivity index (χ3v) is 3.47. The molecule has 1 amide bonds.